The van der Waals surface area contributed by atoms with Crippen molar-refractivity contribution in [3.05, 3.63) is 51.9 Å². The van der Waals surface area contributed by atoms with Gasteiger partial charge in [0, 0.05) is 43.9 Å². The van der Waals surface area contributed by atoms with Crippen LogP contribution in [0.1, 0.15) is 25.1 Å². The van der Waals surface area contributed by atoms with Gasteiger partial charge in [0.15, 0.2) is 0 Å². The minimum Gasteiger partial charge on any atom is -0.326 e. The predicted molar refractivity (Wildman–Crippen MR) is 97.8 cm³/mol. The Kier molecular flexibility index (Phi) is 5.13. The predicted octanol–water partition coefficient (Wildman–Crippen LogP) is 1.11. The van der Waals surface area contributed by atoms with E-state index < -0.39 is 0 Å². The molecule has 1 atom stereocenters. The Bertz CT molecular complexity index is 875. The lowest BCUT2D eigenvalue weighted by molar-refractivity contribution is -0.121. The van der Waals surface area contributed by atoms with Crippen molar-refractivity contribution in [2.24, 2.45) is 0 Å². The first-order chi connectivity index (χ1) is 12.4. The number of H-pyrrole nitrogens is 1. The molecule has 0 bridgehead atoms. The molecule has 1 aliphatic heterocycles. The summed E-state index contributed by atoms with van der Waals surface area (Å²) in [5.41, 5.74) is 2.84. The van der Waals surface area contributed by atoms with Crippen molar-refractivity contribution < 1.29 is 9.59 Å². The van der Waals surface area contributed by atoms with Crippen LogP contribution in [0.3, 0.4) is 0 Å². The van der Waals surface area contributed by atoms with E-state index in [-0.39, 0.29) is 23.4 Å². The molecule has 3 rings (SSSR count). The maximum absolute atomic E-state index is 12.5. The molecular weight excluding hydrogens is 334 g/mol. The number of benzene rings is 1. The third kappa shape index (κ3) is 4.15. The highest BCUT2D eigenvalue weighted by atomic mass is 16.2. The lowest BCUT2D eigenvalue weighted by Crippen LogP contribution is -2.45. The van der Waals surface area contributed by atoms with Crippen LogP contribution in [0.2, 0.25) is 0 Å². The summed E-state index contributed by atoms with van der Waals surface area (Å²) in [5.74, 6) is -0.271. The number of aromatic nitrogens is 2. The minimum atomic E-state index is -0.350. The molecule has 2 amide bonds. The summed E-state index contributed by atoms with van der Waals surface area (Å²) in [6, 6.07) is 8.14. The number of anilines is 2. The molecular formula is C18H21N5O3. The Morgan fingerprint density at radius 3 is 2.50 bits per heavy atom. The van der Waals surface area contributed by atoms with Gasteiger partial charge >= 0.3 is 0 Å². The lowest BCUT2D eigenvalue weighted by Gasteiger charge is -2.32. The number of nitrogens with one attached hydrogen (secondary N) is 3. The standard InChI is InChI=1S/C18H21N5O3/c1-11(23-8-7-16-13(10-23)9-17(25)22-21-16)18(26)20-15-5-3-14(4-6-15)19-12(2)24/h3-6,9,11H,7-8,10H2,1-2H3,(H,19,24)(H,20,26)(H,22,25)/t11-/m0/s1. The summed E-state index contributed by atoms with van der Waals surface area (Å²) in [5, 5.41) is 12.1. The smallest absolute Gasteiger partial charge is 0.264 e. The lowest BCUT2D eigenvalue weighted by atomic mass is 10.0. The van der Waals surface area contributed by atoms with E-state index in [1.54, 1.807) is 30.3 Å². The van der Waals surface area contributed by atoms with Crippen LogP contribution < -0.4 is 16.2 Å². The highest BCUT2D eigenvalue weighted by Gasteiger charge is 2.26. The molecule has 136 valence electrons. The maximum Gasteiger partial charge on any atom is 0.264 e. The third-order valence-corrected chi connectivity index (χ3v) is 4.39. The monoisotopic (exact) mass is 355 g/mol. The summed E-state index contributed by atoms with van der Waals surface area (Å²) < 4.78 is 0. The number of fused-ring (bicyclic) bond motifs is 1. The minimum absolute atomic E-state index is 0.126. The van der Waals surface area contributed by atoms with Gasteiger partial charge in [-0.25, -0.2) is 5.10 Å². The second-order valence-corrected chi connectivity index (χ2v) is 6.35. The largest absolute Gasteiger partial charge is 0.326 e. The van der Waals surface area contributed by atoms with Crippen LogP contribution in [-0.4, -0.2) is 39.5 Å². The first-order valence-corrected chi connectivity index (χ1v) is 8.42. The Morgan fingerprint density at radius 1 is 1.19 bits per heavy atom. The molecule has 2 aromatic rings. The summed E-state index contributed by atoms with van der Waals surface area (Å²) >= 11 is 0. The molecule has 3 N–H and O–H groups in total. The normalized spacial score (nSPS) is 15.0. The number of amides is 2. The zero-order chi connectivity index (χ0) is 18.7. The second kappa shape index (κ2) is 7.49. The van der Waals surface area contributed by atoms with Crippen molar-refractivity contribution in [2.45, 2.75) is 32.9 Å². The van der Waals surface area contributed by atoms with Crippen LogP contribution in [0.15, 0.2) is 35.1 Å². The highest BCUT2D eigenvalue weighted by molar-refractivity contribution is 5.95. The van der Waals surface area contributed by atoms with E-state index in [9.17, 15) is 14.4 Å². The SMILES string of the molecule is CC(=O)Nc1ccc(NC(=O)[C@H](C)N2CCc3n[nH]c(=O)cc3C2)cc1. The molecule has 1 aromatic heterocycles. The molecule has 0 fully saturated rings. The maximum atomic E-state index is 12.5. The first-order valence-electron chi connectivity index (χ1n) is 8.42. The molecule has 0 saturated heterocycles. The number of hydrogen-bond donors (Lipinski definition) is 3. The zero-order valence-corrected chi connectivity index (χ0v) is 14.7. The number of carbonyl (C=O) groups is 2. The molecule has 0 aliphatic carbocycles. The van der Waals surface area contributed by atoms with Crippen LogP contribution in [0, 0.1) is 0 Å². The van der Waals surface area contributed by atoms with Crippen LogP contribution in [0.25, 0.3) is 0 Å². The molecule has 8 nitrogen and oxygen atoms in total. The molecule has 2 heterocycles. The van der Waals surface area contributed by atoms with Crippen molar-refractivity contribution in [1.29, 1.82) is 0 Å². The number of hydrogen-bond acceptors (Lipinski definition) is 5. The van der Waals surface area contributed by atoms with E-state index in [1.165, 1.54) is 6.92 Å². The Labute approximate surface area is 150 Å². The number of nitrogens with zero attached hydrogens (tertiary/aromatic N) is 2. The highest BCUT2D eigenvalue weighted by Crippen LogP contribution is 2.19. The summed E-state index contributed by atoms with van der Waals surface area (Å²) in [7, 11) is 0. The molecule has 1 aromatic carbocycles. The molecule has 26 heavy (non-hydrogen) atoms. The van der Waals surface area contributed by atoms with Gasteiger partial charge in [-0.15, -0.1) is 0 Å². The molecule has 0 unspecified atom stereocenters. The topological polar surface area (TPSA) is 107 Å². The Morgan fingerprint density at radius 2 is 1.85 bits per heavy atom. The quantitative estimate of drug-likeness (QED) is 0.762. The van der Waals surface area contributed by atoms with Gasteiger partial charge in [0.05, 0.1) is 11.7 Å². The fourth-order valence-electron chi connectivity index (χ4n) is 2.95. The van der Waals surface area contributed by atoms with Crippen LogP contribution in [0.4, 0.5) is 11.4 Å². The number of rotatable bonds is 4. The van der Waals surface area contributed by atoms with Gasteiger partial charge in [0.25, 0.3) is 5.56 Å². The van der Waals surface area contributed by atoms with Crippen LogP contribution in [0.5, 0.6) is 0 Å². The van der Waals surface area contributed by atoms with Gasteiger partial charge in [-0.3, -0.25) is 19.3 Å². The first kappa shape index (κ1) is 17.8. The molecule has 0 radical (unpaired) electrons. The van der Waals surface area contributed by atoms with Gasteiger partial charge in [0.1, 0.15) is 0 Å². The molecule has 0 saturated carbocycles. The Hall–Kier alpha value is -3.00. The summed E-state index contributed by atoms with van der Waals surface area (Å²) in [6.07, 6.45) is 0.690. The fraction of sp³-hybridized carbons (Fsp3) is 0.333. The van der Waals surface area contributed by atoms with Crippen molar-refractivity contribution in [1.82, 2.24) is 15.1 Å². The molecule has 1 aliphatic rings. The zero-order valence-electron chi connectivity index (χ0n) is 14.7. The number of aromatic amines is 1. The Balaban J connectivity index is 1.63. The van der Waals surface area contributed by atoms with Gasteiger partial charge in [-0.1, -0.05) is 0 Å². The van der Waals surface area contributed by atoms with Crippen molar-refractivity contribution in [2.75, 3.05) is 17.2 Å². The van der Waals surface area contributed by atoms with Gasteiger partial charge in [0.2, 0.25) is 11.8 Å². The van der Waals surface area contributed by atoms with Crippen LogP contribution >= 0.6 is 0 Å². The van der Waals surface area contributed by atoms with Gasteiger partial charge < -0.3 is 10.6 Å². The van der Waals surface area contributed by atoms with Gasteiger partial charge in [-0.2, -0.15) is 5.10 Å². The fourth-order valence-corrected chi connectivity index (χ4v) is 2.95. The van der Waals surface area contributed by atoms with Crippen LogP contribution in [-0.2, 0) is 22.6 Å². The van der Waals surface area contributed by atoms with E-state index in [0.29, 0.717) is 30.9 Å². The summed E-state index contributed by atoms with van der Waals surface area (Å²) in [4.78, 5) is 37.0. The third-order valence-electron chi connectivity index (χ3n) is 4.39. The van der Waals surface area contributed by atoms with Gasteiger partial charge in [-0.05, 0) is 36.8 Å². The van der Waals surface area contributed by atoms with Crippen molar-refractivity contribution in [3.63, 3.8) is 0 Å². The van der Waals surface area contributed by atoms with Crippen molar-refractivity contribution in [3.8, 4) is 0 Å². The van der Waals surface area contributed by atoms with E-state index in [1.807, 2.05) is 11.8 Å². The van der Waals surface area contributed by atoms with E-state index in [0.717, 1.165) is 11.3 Å². The average molecular weight is 355 g/mol. The molecule has 8 heteroatoms. The van der Waals surface area contributed by atoms with E-state index >= 15 is 0 Å². The summed E-state index contributed by atoms with van der Waals surface area (Å²) in [6.45, 7) is 4.49. The van der Waals surface area contributed by atoms with E-state index in [4.69, 9.17) is 0 Å². The second-order valence-electron chi connectivity index (χ2n) is 6.35. The van der Waals surface area contributed by atoms with E-state index in [2.05, 4.69) is 20.8 Å². The van der Waals surface area contributed by atoms with Crippen molar-refractivity contribution >= 4 is 23.2 Å². The molecule has 0 spiro atoms. The average Bonchev–Trinajstić information content (AvgIpc) is 2.61. The number of carbonyl (C=O) groups excluding carboxylic acids is 2.